The Morgan fingerprint density at radius 3 is 2.11 bits per heavy atom. The van der Waals surface area contributed by atoms with Crippen LogP contribution in [0, 0.1) is 0 Å². The van der Waals surface area contributed by atoms with Crippen LogP contribution in [0.25, 0.3) is 0 Å². The van der Waals surface area contributed by atoms with Crippen LogP contribution in [0.1, 0.15) is 0 Å². The summed E-state index contributed by atoms with van der Waals surface area (Å²) in [6.45, 7) is 0. The van der Waals surface area contributed by atoms with Crippen LogP contribution < -0.4 is 11.9 Å². The van der Waals surface area contributed by atoms with Crippen LogP contribution in [-0.2, 0) is 9.09 Å². The van der Waals surface area contributed by atoms with E-state index in [4.69, 9.17) is 4.89 Å². The highest BCUT2D eigenvalue weighted by atomic mass is 31.2. The molecule has 1 atom stereocenters. The Labute approximate surface area is 52.1 Å². The molecule has 0 aromatic rings. The Bertz CT molecular complexity index is 146. The third kappa shape index (κ3) is 3.21. The fourth-order valence-corrected chi connectivity index (χ4v) is 0.270. The number of rotatable bonds is 2. The molecule has 0 rings (SSSR count). The van der Waals surface area contributed by atoms with Crippen LogP contribution in [0.2, 0.25) is 0 Å². The van der Waals surface area contributed by atoms with Crippen LogP contribution in [-0.4, -0.2) is 17.7 Å². The van der Waals surface area contributed by atoms with Crippen LogP contribution in [0.4, 0.5) is 4.79 Å². The second-order valence-corrected chi connectivity index (χ2v) is 2.89. The predicted octanol–water partition coefficient (Wildman–Crippen LogP) is 0.0589. The van der Waals surface area contributed by atoms with Gasteiger partial charge in [-0.1, -0.05) is 0 Å². The summed E-state index contributed by atoms with van der Waals surface area (Å²) in [6, 6.07) is 0. The molecule has 0 aromatic carbocycles. The van der Waals surface area contributed by atoms with Gasteiger partial charge in [0, 0.05) is 7.11 Å². The fourth-order valence-electron chi connectivity index (χ4n) is 0.0900. The molecule has 0 saturated carbocycles. The molecule has 0 aliphatic heterocycles. The molecule has 1 unspecified atom stereocenters. The zero-order valence-electron chi connectivity index (χ0n) is 4.90. The van der Waals surface area contributed by atoms with Gasteiger partial charge in [-0.3, -0.25) is 4.79 Å². The summed E-state index contributed by atoms with van der Waals surface area (Å²) in [5.41, 5.74) is 3.07. The molecule has 6 N–H and O–H groups in total. The van der Waals surface area contributed by atoms with Gasteiger partial charge in [0.15, 0.2) is 0 Å². The maximum Gasteiger partial charge on any atom is 0.415 e. The summed E-state index contributed by atoms with van der Waals surface area (Å²) in [7, 11) is -3.17. The molecule has 0 aliphatic rings. The number of primary amides is 1. The van der Waals surface area contributed by atoms with E-state index in [2.05, 4.69) is 10.3 Å². The minimum absolute atomic E-state index is 0. The van der Waals surface area contributed by atoms with Gasteiger partial charge in [-0.05, 0) is 0 Å². The average molecular weight is 156 g/mol. The lowest BCUT2D eigenvalue weighted by atomic mass is 11.5. The van der Waals surface area contributed by atoms with Crippen LogP contribution >= 0.6 is 7.60 Å². The molecule has 1 amide bonds. The van der Waals surface area contributed by atoms with Gasteiger partial charge >= 0.3 is 13.2 Å². The lowest BCUT2D eigenvalue weighted by Crippen LogP contribution is -2.09. The van der Waals surface area contributed by atoms with E-state index in [-0.39, 0.29) is 6.15 Å². The first-order chi connectivity index (χ1) is 3.50. The highest BCUT2D eigenvalue weighted by molar-refractivity contribution is 7.70. The van der Waals surface area contributed by atoms with E-state index in [0.29, 0.717) is 0 Å². The fraction of sp³-hybridized carbons (Fsp3) is 0.500. The van der Waals surface area contributed by atoms with E-state index in [9.17, 15) is 9.36 Å². The van der Waals surface area contributed by atoms with E-state index in [1.165, 1.54) is 0 Å². The normalized spacial score (nSPS) is 15.3. The molecular weight excluding hydrogens is 147 g/mol. The quantitative estimate of drug-likeness (QED) is 0.487. The Morgan fingerprint density at radius 2 is 2.11 bits per heavy atom. The monoisotopic (exact) mass is 156 g/mol. The molecule has 9 heavy (non-hydrogen) atoms. The summed E-state index contributed by atoms with van der Waals surface area (Å²) in [4.78, 5) is 18.1. The van der Waals surface area contributed by atoms with Crippen molar-refractivity contribution in [3.8, 4) is 0 Å². The minimum Gasteiger partial charge on any atom is -0.359 e. The van der Waals surface area contributed by atoms with Crippen molar-refractivity contribution >= 4 is 13.2 Å². The summed E-state index contributed by atoms with van der Waals surface area (Å²) < 4.78 is 14.0. The van der Waals surface area contributed by atoms with E-state index >= 15 is 0 Å². The summed E-state index contributed by atoms with van der Waals surface area (Å²) >= 11 is 0. The number of carbonyl (C=O) groups excluding carboxylic acids is 1. The van der Waals surface area contributed by atoms with Crippen molar-refractivity contribution in [2.75, 3.05) is 7.11 Å². The Balaban J connectivity index is 0. The van der Waals surface area contributed by atoms with Crippen LogP contribution in [0.15, 0.2) is 0 Å². The first-order valence-electron chi connectivity index (χ1n) is 1.69. The van der Waals surface area contributed by atoms with E-state index in [1.54, 1.807) is 0 Å². The highest BCUT2D eigenvalue weighted by Gasteiger charge is 2.24. The number of hydrogen-bond donors (Lipinski definition) is 3. The van der Waals surface area contributed by atoms with Gasteiger partial charge in [-0.2, -0.15) is 0 Å². The van der Waals surface area contributed by atoms with E-state index < -0.39 is 13.2 Å². The van der Waals surface area contributed by atoms with E-state index in [0.717, 1.165) is 7.11 Å². The third-order valence-corrected chi connectivity index (χ3v) is 1.58. The van der Waals surface area contributed by atoms with Crippen molar-refractivity contribution in [2.24, 2.45) is 5.73 Å². The molecule has 0 saturated heterocycles. The zero-order chi connectivity index (χ0) is 6.78. The second kappa shape index (κ2) is 3.58. The maximum absolute atomic E-state index is 10.1. The molecule has 0 radical (unpaired) electrons. The van der Waals surface area contributed by atoms with Crippen molar-refractivity contribution in [1.82, 2.24) is 6.15 Å². The van der Waals surface area contributed by atoms with Crippen molar-refractivity contribution in [2.45, 2.75) is 0 Å². The molecular formula is C2H9N2O4P. The molecule has 0 fully saturated rings. The summed E-state index contributed by atoms with van der Waals surface area (Å²) in [5.74, 6) is 0. The van der Waals surface area contributed by atoms with Gasteiger partial charge < -0.3 is 21.3 Å². The molecule has 0 aliphatic carbocycles. The average Bonchev–Trinajstić information content (AvgIpc) is 1.67. The number of carbonyl (C=O) groups is 1. The molecule has 0 aromatic heterocycles. The lowest BCUT2D eigenvalue weighted by Gasteiger charge is -2.00. The smallest absolute Gasteiger partial charge is 0.359 e. The summed E-state index contributed by atoms with van der Waals surface area (Å²) in [5, 5.41) is 0. The van der Waals surface area contributed by atoms with Crippen molar-refractivity contribution < 1.29 is 18.8 Å². The largest absolute Gasteiger partial charge is 0.415 e. The molecule has 56 valence electrons. The number of hydrogen-bond acceptors (Lipinski definition) is 4. The van der Waals surface area contributed by atoms with E-state index in [1.807, 2.05) is 0 Å². The predicted molar refractivity (Wildman–Crippen MR) is 31.4 cm³/mol. The van der Waals surface area contributed by atoms with Gasteiger partial charge in [-0.15, -0.1) is 0 Å². The SMILES string of the molecule is COP(=O)(O)C(N)=O.N. The Hall–Kier alpha value is -0.420. The highest BCUT2D eigenvalue weighted by Crippen LogP contribution is 2.39. The third-order valence-electron chi connectivity index (χ3n) is 0.526. The topological polar surface area (TPSA) is 125 Å². The second-order valence-electron chi connectivity index (χ2n) is 1.04. The maximum atomic E-state index is 10.1. The zero-order valence-corrected chi connectivity index (χ0v) is 5.80. The number of nitrogens with two attached hydrogens (primary N) is 1. The first kappa shape index (κ1) is 11.4. The molecule has 0 bridgehead atoms. The summed E-state index contributed by atoms with van der Waals surface area (Å²) in [6.07, 6.45) is 0. The molecule has 0 heterocycles. The van der Waals surface area contributed by atoms with Crippen molar-refractivity contribution in [1.29, 1.82) is 0 Å². The number of amides is 1. The standard InChI is InChI=1S/C2H6NO4P.H3N/c1-7-8(5,6)2(3)4;/h1H3,(H2,3,4)(H,5,6);1H3. The Kier molecular flexibility index (Phi) is 4.52. The molecule has 6 nitrogen and oxygen atoms in total. The van der Waals surface area contributed by atoms with Gasteiger partial charge in [-0.25, -0.2) is 4.57 Å². The van der Waals surface area contributed by atoms with Gasteiger partial charge in [0.1, 0.15) is 0 Å². The van der Waals surface area contributed by atoms with Gasteiger partial charge in [0.25, 0.3) is 0 Å². The van der Waals surface area contributed by atoms with Gasteiger partial charge in [0.05, 0.1) is 0 Å². The van der Waals surface area contributed by atoms with Crippen LogP contribution in [0.3, 0.4) is 0 Å². The minimum atomic E-state index is -4.11. The van der Waals surface area contributed by atoms with Crippen molar-refractivity contribution in [3.05, 3.63) is 0 Å². The lowest BCUT2D eigenvalue weighted by molar-refractivity contribution is 0.249. The first-order valence-corrected chi connectivity index (χ1v) is 3.27. The van der Waals surface area contributed by atoms with Gasteiger partial charge in [0.2, 0.25) is 0 Å². The molecule has 0 spiro atoms. The van der Waals surface area contributed by atoms with Crippen LogP contribution in [0.5, 0.6) is 0 Å². The molecule has 7 heteroatoms. The Morgan fingerprint density at radius 1 is 1.78 bits per heavy atom. The van der Waals surface area contributed by atoms with Crippen molar-refractivity contribution in [3.63, 3.8) is 0 Å².